The number of benzene rings is 3. The number of ketones is 1. The molecule has 1 atom stereocenters. The number of nitrogens with zero attached hydrogens (tertiary/aromatic N) is 4. The molecule has 4 heterocycles. The molecule has 1 N–H and O–H groups in total. The zero-order valence-electron chi connectivity index (χ0n) is 25.1. The molecule has 7 rings (SSSR count). The molecule has 46 heavy (non-hydrogen) atoms. The predicted octanol–water partition coefficient (Wildman–Crippen LogP) is 6.47. The Morgan fingerprint density at radius 3 is 2.50 bits per heavy atom. The number of aryl methyl sites for hydroxylation is 1. The van der Waals surface area contributed by atoms with Crippen molar-refractivity contribution in [3.8, 4) is 17.2 Å². The number of anilines is 1. The van der Waals surface area contributed by atoms with Crippen molar-refractivity contribution in [1.29, 1.82) is 0 Å². The van der Waals surface area contributed by atoms with Gasteiger partial charge in [0.1, 0.15) is 23.7 Å². The van der Waals surface area contributed by atoms with Crippen molar-refractivity contribution in [2.45, 2.75) is 19.6 Å². The van der Waals surface area contributed by atoms with Gasteiger partial charge in [-0.1, -0.05) is 53.8 Å². The molecule has 11 heteroatoms. The number of rotatable bonds is 8. The number of methoxy groups -OCH3 is 2. The molecule has 1 unspecified atom stereocenters. The maximum absolute atomic E-state index is 13.9. The quantitative estimate of drug-likeness (QED) is 0.115. The van der Waals surface area contributed by atoms with Crippen molar-refractivity contribution >= 4 is 49.8 Å². The zero-order valence-corrected chi connectivity index (χ0v) is 25.9. The van der Waals surface area contributed by atoms with Gasteiger partial charge < -0.3 is 19.3 Å². The molecule has 6 aromatic rings. The molecule has 0 aliphatic carbocycles. The molecule has 1 aliphatic heterocycles. The summed E-state index contributed by atoms with van der Waals surface area (Å²) >= 11 is 1.25. The third-order valence-corrected chi connectivity index (χ3v) is 8.92. The Morgan fingerprint density at radius 2 is 1.72 bits per heavy atom. The van der Waals surface area contributed by atoms with E-state index < -0.39 is 17.7 Å². The second kappa shape index (κ2) is 11.7. The summed E-state index contributed by atoms with van der Waals surface area (Å²) in [6.07, 6.45) is 1.75. The molecule has 3 aromatic carbocycles. The highest BCUT2D eigenvalue weighted by molar-refractivity contribution is 7.22. The molecule has 10 nitrogen and oxygen atoms in total. The van der Waals surface area contributed by atoms with Crippen LogP contribution in [0.3, 0.4) is 0 Å². The number of aromatic nitrogens is 3. The summed E-state index contributed by atoms with van der Waals surface area (Å²) in [5.41, 5.74) is 3.47. The summed E-state index contributed by atoms with van der Waals surface area (Å²) in [5.74, 6) is -0.468. The lowest BCUT2D eigenvalue weighted by molar-refractivity contribution is -0.132. The number of thiazole rings is 1. The van der Waals surface area contributed by atoms with Gasteiger partial charge in [0.2, 0.25) is 0 Å². The standard InChI is InChI=1S/C35H28N4O6S/c1-20-30(38-16-8-7-11-28(38)36-20)32(40)29-31(22-12-15-25(26(17-22)44-3)45-19-21-9-5-4-6-10-21)39(34(42)33(29)41)35-37-24-14-13-23(43-2)18-27(24)46-35/h4-18,31,40H,19H2,1-3H3/b32-29+. The van der Waals surface area contributed by atoms with E-state index in [1.54, 1.807) is 67.1 Å². The smallest absolute Gasteiger partial charge is 0.301 e. The number of hydrogen-bond donors (Lipinski definition) is 1. The largest absolute Gasteiger partial charge is 0.505 e. The predicted molar refractivity (Wildman–Crippen MR) is 175 cm³/mol. The van der Waals surface area contributed by atoms with Gasteiger partial charge >= 0.3 is 5.91 Å². The number of fused-ring (bicyclic) bond motifs is 2. The van der Waals surface area contributed by atoms with Gasteiger partial charge in [-0.15, -0.1) is 0 Å². The molecule has 3 aromatic heterocycles. The first-order chi connectivity index (χ1) is 22.4. The maximum Gasteiger partial charge on any atom is 0.301 e. The molecule has 230 valence electrons. The number of ether oxygens (including phenoxy) is 3. The van der Waals surface area contributed by atoms with Crippen LogP contribution in [-0.2, 0) is 16.2 Å². The van der Waals surface area contributed by atoms with E-state index in [-0.39, 0.29) is 11.3 Å². The maximum atomic E-state index is 13.9. The van der Waals surface area contributed by atoms with Crippen LogP contribution in [0.25, 0.3) is 21.6 Å². The van der Waals surface area contributed by atoms with Crippen LogP contribution >= 0.6 is 11.3 Å². The van der Waals surface area contributed by atoms with Crippen molar-refractivity contribution < 1.29 is 28.9 Å². The first kappa shape index (κ1) is 29.1. The number of imidazole rings is 1. The number of aliphatic hydroxyl groups excluding tert-OH is 1. The number of hydrogen-bond acceptors (Lipinski definition) is 9. The monoisotopic (exact) mass is 632 g/mol. The van der Waals surface area contributed by atoms with E-state index in [1.807, 2.05) is 42.5 Å². The van der Waals surface area contributed by atoms with E-state index in [1.165, 1.54) is 23.3 Å². The molecular weight excluding hydrogens is 604 g/mol. The van der Waals surface area contributed by atoms with Crippen molar-refractivity contribution in [1.82, 2.24) is 14.4 Å². The van der Waals surface area contributed by atoms with E-state index in [0.717, 1.165) is 10.3 Å². The van der Waals surface area contributed by atoms with Crippen molar-refractivity contribution in [3.63, 3.8) is 0 Å². The average Bonchev–Trinajstić information content (AvgIpc) is 3.73. The van der Waals surface area contributed by atoms with Gasteiger partial charge in [-0.2, -0.15) is 0 Å². The molecule has 1 saturated heterocycles. The fourth-order valence-corrected chi connectivity index (χ4v) is 6.72. The minimum atomic E-state index is -1.03. The second-order valence-electron chi connectivity index (χ2n) is 10.7. The van der Waals surface area contributed by atoms with E-state index in [4.69, 9.17) is 19.2 Å². The normalized spacial score (nSPS) is 16.0. The molecule has 0 saturated carbocycles. The van der Waals surface area contributed by atoms with Crippen LogP contribution in [0.4, 0.5) is 5.13 Å². The number of aliphatic hydroxyl groups is 1. The highest BCUT2D eigenvalue weighted by Gasteiger charge is 2.49. The Morgan fingerprint density at radius 1 is 0.913 bits per heavy atom. The average molecular weight is 633 g/mol. The minimum absolute atomic E-state index is 0.0874. The Kier molecular flexibility index (Phi) is 7.37. The Balaban J connectivity index is 1.39. The lowest BCUT2D eigenvalue weighted by Crippen LogP contribution is -2.29. The van der Waals surface area contributed by atoms with Crippen molar-refractivity contribution in [2.75, 3.05) is 19.1 Å². The van der Waals surface area contributed by atoms with Gasteiger partial charge in [0.25, 0.3) is 5.78 Å². The molecule has 1 amide bonds. The van der Waals surface area contributed by atoms with Crippen LogP contribution in [0.15, 0.2) is 96.7 Å². The Hall–Kier alpha value is -5.68. The van der Waals surface area contributed by atoms with Gasteiger partial charge in [0.15, 0.2) is 22.4 Å². The van der Waals surface area contributed by atoms with E-state index in [9.17, 15) is 14.7 Å². The summed E-state index contributed by atoms with van der Waals surface area (Å²) in [6.45, 7) is 2.06. The van der Waals surface area contributed by atoms with Crippen LogP contribution in [0.5, 0.6) is 17.2 Å². The van der Waals surface area contributed by atoms with Gasteiger partial charge in [-0.05, 0) is 60.5 Å². The van der Waals surface area contributed by atoms with Crippen LogP contribution in [0.1, 0.15) is 28.6 Å². The summed E-state index contributed by atoms with van der Waals surface area (Å²) < 4.78 is 19.6. The summed E-state index contributed by atoms with van der Waals surface area (Å²) in [7, 11) is 3.10. The highest BCUT2D eigenvalue weighted by Crippen LogP contribution is 2.46. The molecule has 0 radical (unpaired) electrons. The molecular formula is C35H28N4O6S. The van der Waals surface area contributed by atoms with Crippen molar-refractivity contribution in [2.24, 2.45) is 0 Å². The summed E-state index contributed by atoms with van der Waals surface area (Å²) in [5, 5.41) is 12.2. The number of amides is 1. The first-order valence-corrected chi connectivity index (χ1v) is 15.2. The Bertz CT molecular complexity index is 2170. The summed E-state index contributed by atoms with van der Waals surface area (Å²) in [6, 6.07) is 24.7. The fourth-order valence-electron chi connectivity index (χ4n) is 5.70. The fraction of sp³-hybridized carbons (Fsp3) is 0.143. The third kappa shape index (κ3) is 4.90. The molecule has 0 bridgehead atoms. The van der Waals surface area contributed by atoms with E-state index >= 15 is 0 Å². The number of carbonyl (C=O) groups is 2. The topological polar surface area (TPSA) is 115 Å². The molecule has 1 fully saturated rings. The number of carbonyl (C=O) groups excluding carboxylic acids is 2. The van der Waals surface area contributed by atoms with Crippen LogP contribution < -0.4 is 19.1 Å². The van der Waals surface area contributed by atoms with Gasteiger partial charge in [-0.3, -0.25) is 18.9 Å². The SMILES string of the molecule is COc1ccc2nc(N3C(=O)C(=O)/C(=C(/O)c4c(C)nc5ccccn45)C3c3ccc(OCc4ccccc4)c(OC)c3)sc2c1. The molecule has 1 aliphatic rings. The second-order valence-corrected chi connectivity index (χ2v) is 11.7. The lowest BCUT2D eigenvalue weighted by Gasteiger charge is -2.24. The van der Waals surface area contributed by atoms with Gasteiger partial charge in [0.05, 0.1) is 41.7 Å². The highest BCUT2D eigenvalue weighted by atomic mass is 32.1. The molecule has 0 spiro atoms. The van der Waals surface area contributed by atoms with Crippen molar-refractivity contribution in [3.05, 3.63) is 119 Å². The summed E-state index contributed by atoms with van der Waals surface area (Å²) in [4.78, 5) is 38.4. The third-order valence-electron chi connectivity index (χ3n) is 7.90. The van der Waals surface area contributed by atoms with Gasteiger partial charge in [0, 0.05) is 6.20 Å². The minimum Gasteiger partial charge on any atom is -0.505 e. The van der Waals surface area contributed by atoms with Crippen LogP contribution in [0, 0.1) is 6.92 Å². The van der Waals surface area contributed by atoms with Crippen LogP contribution in [-0.4, -0.2) is 45.4 Å². The van der Waals surface area contributed by atoms with E-state index in [2.05, 4.69) is 4.98 Å². The Labute approximate surface area is 267 Å². The number of pyridine rings is 1. The first-order valence-electron chi connectivity index (χ1n) is 14.4. The zero-order chi connectivity index (χ0) is 31.9. The lowest BCUT2D eigenvalue weighted by atomic mass is 9.96. The van der Waals surface area contributed by atoms with E-state index in [0.29, 0.717) is 57.1 Å². The van der Waals surface area contributed by atoms with Crippen LogP contribution in [0.2, 0.25) is 0 Å². The number of Topliss-reactive ketones (excluding diaryl/α,β-unsaturated/α-hetero) is 1. The van der Waals surface area contributed by atoms with Gasteiger partial charge in [-0.25, -0.2) is 9.97 Å².